The standard InChI is InChI=1S/C14H14BrClFNOS/c1-3-18-14(11-6-8(19-2)7-20-11)9-4-5-10(15)12(16)13(9)17/h4-7,14,18H,3H2,1-2H3. The molecule has 0 radical (unpaired) electrons. The molecule has 1 unspecified atom stereocenters. The molecule has 108 valence electrons. The highest BCUT2D eigenvalue weighted by molar-refractivity contribution is 9.10. The molecule has 0 amide bonds. The van der Waals surface area contributed by atoms with Gasteiger partial charge in [0.2, 0.25) is 0 Å². The van der Waals surface area contributed by atoms with Crippen LogP contribution in [0.3, 0.4) is 0 Å². The van der Waals surface area contributed by atoms with Crippen LogP contribution in [0.2, 0.25) is 5.02 Å². The van der Waals surface area contributed by atoms with E-state index in [0.717, 1.165) is 17.2 Å². The fourth-order valence-electron chi connectivity index (χ4n) is 1.92. The summed E-state index contributed by atoms with van der Waals surface area (Å²) in [4.78, 5) is 0.987. The van der Waals surface area contributed by atoms with Gasteiger partial charge in [-0.05, 0) is 34.6 Å². The molecule has 0 saturated carbocycles. The van der Waals surface area contributed by atoms with Crippen LogP contribution in [0.15, 0.2) is 28.1 Å². The number of rotatable bonds is 5. The highest BCUT2D eigenvalue weighted by atomic mass is 79.9. The Morgan fingerprint density at radius 2 is 2.25 bits per heavy atom. The zero-order valence-corrected chi connectivity index (χ0v) is 14.2. The Labute approximate surface area is 135 Å². The molecule has 1 N–H and O–H groups in total. The fourth-order valence-corrected chi connectivity index (χ4v) is 3.35. The lowest BCUT2D eigenvalue weighted by Gasteiger charge is -2.18. The zero-order chi connectivity index (χ0) is 14.7. The molecule has 6 heteroatoms. The molecule has 0 aliphatic heterocycles. The maximum Gasteiger partial charge on any atom is 0.148 e. The van der Waals surface area contributed by atoms with Crippen LogP contribution < -0.4 is 10.1 Å². The SMILES string of the molecule is CCNC(c1cc(OC)cs1)c1ccc(Br)c(Cl)c1F. The van der Waals surface area contributed by atoms with E-state index in [1.807, 2.05) is 18.4 Å². The van der Waals surface area contributed by atoms with E-state index in [9.17, 15) is 4.39 Å². The second kappa shape index (κ2) is 6.89. The summed E-state index contributed by atoms with van der Waals surface area (Å²) in [5.74, 6) is 0.371. The van der Waals surface area contributed by atoms with Crippen LogP contribution in [0.25, 0.3) is 0 Å². The highest BCUT2D eigenvalue weighted by Gasteiger charge is 2.21. The van der Waals surface area contributed by atoms with Crippen molar-refractivity contribution in [3.8, 4) is 5.75 Å². The van der Waals surface area contributed by atoms with Crippen LogP contribution in [0, 0.1) is 5.82 Å². The molecule has 1 heterocycles. The third-order valence-electron chi connectivity index (χ3n) is 2.90. The number of hydrogen-bond donors (Lipinski definition) is 1. The summed E-state index contributed by atoms with van der Waals surface area (Å²) in [6.45, 7) is 2.70. The van der Waals surface area contributed by atoms with Crippen LogP contribution in [-0.4, -0.2) is 13.7 Å². The Kier molecular flexibility index (Phi) is 5.43. The van der Waals surface area contributed by atoms with Crippen LogP contribution >= 0.6 is 38.9 Å². The topological polar surface area (TPSA) is 21.3 Å². The van der Waals surface area contributed by atoms with E-state index in [-0.39, 0.29) is 11.1 Å². The summed E-state index contributed by atoms with van der Waals surface area (Å²) in [5, 5.41) is 5.29. The van der Waals surface area contributed by atoms with Gasteiger partial charge in [0.25, 0.3) is 0 Å². The maximum absolute atomic E-state index is 14.4. The number of hydrogen-bond acceptors (Lipinski definition) is 3. The first kappa shape index (κ1) is 15.8. The zero-order valence-electron chi connectivity index (χ0n) is 11.0. The Hall–Kier alpha value is -0.620. The van der Waals surface area contributed by atoms with Gasteiger partial charge in [0.1, 0.15) is 11.6 Å². The lowest BCUT2D eigenvalue weighted by Crippen LogP contribution is -2.22. The van der Waals surface area contributed by atoms with E-state index >= 15 is 0 Å². The molecule has 2 rings (SSSR count). The molecule has 2 nitrogen and oxygen atoms in total. The number of nitrogens with one attached hydrogen (secondary N) is 1. The van der Waals surface area contributed by atoms with Gasteiger partial charge >= 0.3 is 0 Å². The monoisotopic (exact) mass is 377 g/mol. The average molecular weight is 379 g/mol. The third kappa shape index (κ3) is 3.17. The van der Waals surface area contributed by atoms with Crippen molar-refractivity contribution in [1.82, 2.24) is 5.32 Å². The molecule has 0 aliphatic carbocycles. The first-order valence-electron chi connectivity index (χ1n) is 6.07. The Morgan fingerprint density at radius 3 is 2.85 bits per heavy atom. The van der Waals surface area contributed by atoms with Gasteiger partial charge in [0.15, 0.2) is 0 Å². The van der Waals surface area contributed by atoms with E-state index < -0.39 is 5.82 Å². The van der Waals surface area contributed by atoms with Gasteiger partial charge in [-0.3, -0.25) is 0 Å². The predicted molar refractivity (Wildman–Crippen MR) is 85.5 cm³/mol. The van der Waals surface area contributed by atoms with Crippen molar-refractivity contribution in [2.24, 2.45) is 0 Å². The highest BCUT2D eigenvalue weighted by Crippen LogP contribution is 2.36. The van der Waals surface area contributed by atoms with Crippen molar-refractivity contribution in [3.63, 3.8) is 0 Å². The Bertz CT molecular complexity index is 605. The molecule has 1 aromatic heterocycles. The van der Waals surface area contributed by atoms with Gasteiger partial charge in [-0.15, -0.1) is 11.3 Å². The van der Waals surface area contributed by atoms with Crippen molar-refractivity contribution in [2.45, 2.75) is 13.0 Å². The minimum absolute atomic E-state index is 0.105. The van der Waals surface area contributed by atoms with Crippen molar-refractivity contribution in [1.29, 1.82) is 0 Å². The smallest absolute Gasteiger partial charge is 0.148 e. The summed E-state index contributed by atoms with van der Waals surface area (Å²) in [6, 6.07) is 5.17. The van der Waals surface area contributed by atoms with Crippen molar-refractivity contribution < 1.29 is 9.13 Å². The van der Waals surface area contributed by atoms with Crippen molar-refractivity contribution >= 4 is 38.9 Å². The number of methoxy groups -OCH3 is 1. The third-order valence-corrected chi connectivity index (χ3v) is 5.13. The maximum atomic E-state index is 14.4. The molecule has 0 spiro atoms. The number of halogens is 3. The van der Waals surface area contributed by atoms with Gasteiger partial charge in [-0.25, -0.2) is 4.39 Å². The van der Waals surface area contributed by atoms with Gasteiger partial charge in [0.05, 0.1) is 18.2 Å². The molecular weight excluding hydrogens is 365 g/mol. The summed E-state index contributed by atoms with van der Waals surface area (Å²) in [7, 11) is 1.62. The minimum Gasteiger partial charge on any atom is -0.496 e. The van der Waals surface area contributed by atoms with E-state index in [4.69, 9.17) is 16.3 Å². The molecule has 0 bridgehead atoms. The Morgan fingerprint density at radius 1 is 1.50 bits per heavy atom. The lowest BCUT2D eigenvalue weighted by molar-refractivity contribution is 0.416. The largest absolute Gasteiger partial charge is 0.496 e. The molecule has 20 heavy (non-hydrogen) atoms. The molecular formula is C14H14BrClFNOS. The van der Waals surface area contributed by atoms with Crippen LogP contribution in [-0.2, 0) is 0 Å². The Balaban J connectivity index is 2.45. The van der Waals surface area contributed by atoms with Crippen LogP contribution in [0.1, 0.15) is 23.4 Å². The average Bonchev–Trinajstić information content (AvgIpc) is 2.92. The van der Waals surface area contributed by atoms with Crippen LogP contribution in [0.4, 0.5) is 4.39 Å². The van der Waals surface area contributed by atoms with E-state index in [2.05, 4.69) is 21.2 Å². The van der Waals surface area contributed by atoms with Crippen molar-refractivity contribution in [3.05, 3.63) is 49.3 Å². The van der Waals surface area contributed by atoms with E-state index in [1.165, 1.54) is 11.3 Å². The fraction of sp³-hybridized carbons (Fsp3) is 0.286. The number of benzene rings is 1. The lowest BCUT2D eigenvalue weighted by atomic mass is 10.0. The summed E-state index contributed by atoms with van der Waals surface area (Å²) in [5.41, 5.74) is 0.532. The molecule has 2 aromatic rings. The van der Waals surface area contributed by atoms with E-state index in [0.29, 0.717) is 10.0 Å². The molecule has 1 atom stereocenters. The molecule has 0 saturated heterocycles. The summed E-state index contributed by atoms with van der Waals surface area (Å²) >= 11 is 10.7. The number of thiophene rings is 1. The van der Waals surface area contributed by atoms with Gasteiger partial charge < -0.3 is 10.1 Å². The molecule has 0 fully saturated rings. The first-order valence-corrected chi connectivity index (χ1v) is 8.12. The molecule has 0 aliphatic rings. The van der Waals surface area contributed by atoms with Gasteiger partial charge in [-0.1, -0.05) is 24.6 Å². The summed E-state index contributed by atoms with van der Waals surface area (Å²) in [6.07, 6.45) is 0. The second-order valence-electron chi connectivity index (χ2n) is 4.14. The normalized spacial score (nSPS) is 12.4. The second-order valence-corrected chi connectivity index (χ2v) is 6.32. The first-order chi connectivity index (χ1) is 9.58. The van der Waals surface area contributed by atoms with Gasteiger partial charge in [-0.2, -0.15) is 0 Å². The van der Waals surface area contributed by atoms with Crippen molar-refractivity contribution in [2.75, 3.05) is 13.7 Å². The minimum atomic E-state index is -0.403. The predicted octanol–water partition coefficient (Wildman–Crippen LogP) is 5.01. The van der Waals surface area contributed by atoms with Crippen LogP contribution in [0.5, 0.6) is 5.75 Å². The summed E-state index contributed by atoms with van der Waals surface area (Å²) < 4.78 is 20.1. The quantitative estimate of drug-likeness (QED) is 0.738. The van der Waals surface area contributed by atoms with Gasteiger partial charge in [0, 0.05) is 20.3 Å². The number of ether oxygens (including phenoxy) is 1. The molecule has 1 aromatic carbocycles. The van der Waals surface area contributed by atoms with E-state index in [1.54, 1.807) is 19.2 Å².